The average molecular weight is 342 g/mol. The minimum atomic E-state index is -0.384. The molecule has 2 N–H and O–H groups in total. The number of halogens is 1. The minimum absolute atomic E-state index is 0. The molecule has 0 aliphatic carbocycles. The van der Waals surface area contributed by atoms with E-state index >= 15 is 0 Å². The Morgan fingerprint density at radius 1 is 1.50 bits per heavy atom. The molecule has 0 saturated heterocycles. The number of aromatic nitrogens is 1. The van der Waals surface area contributed by atoms with Crippen molar-refractivity contribution in [2.24, 2.45) is 5.10 Å². The smallest absolute Gasteiger partial charge is 0.350 e. The number of aryl methyl sites for hydroxylation is 1. The van der Waals surface area contributed by atoms with E-state index in [1.165, 1.54) is 17.6 Å². The van der Waals surface area contributed by atoms with Crippen LogP contribution in [0.5, 0.6) is 5.75 Å². The second-order valence-corrected chi connectivity index (χ2v) is 5.08. The Bertz CT molecular complexity index is 673. The molecule has 1 heterocycles. The van der Waals surface area contributed by atoms with Crippen molar-refractivity contribution in [3.63, 3.8) is 0 Å². The first-order chi connectivity index (χ1) is 10.1. The number of para-hydroxylation sites is 1. The molecule has 22 heavy (non-hydrogen) atoms. The lowest BCUT2D eigenvalue weighted by molar-refractivity contribution is 0.0531. The molecule has 2 aromatic rings. The maximum Gasteiger partial charge on any atom is 0.350 e. The van der Waals surface area contributed by atoms with Crippen LogP contribution in [0.1, 0.15) is 27.9 Å². The number of benzene rings is 1. The SMILES string of the molecule is CCOC(=O)c1sc(N/N=C/c2ccccc2O)nc1C.Cl. The van der Waals surface area contributed by atoms with Gasteiger partial charge in [-0.3, -0.25) is 5.43 Å². The lowest BCUT2D eigenvalue weighted by Crippen LogP contribution is -2.03. The van der Waals surface area contributed by atoms with Crippen molar-refractivity contribution in [2.75, 3.05) is 12.0 Å². The maximum absolute atomic E-state index is 11.7. The van der Waals surface area contributed by atoms with Gasteiger partial charge in [0.2, 0.25) is 5.13 Å². The molecule has 0 aliphatic heterocycles. The van der Waals surface area contributed by atoms with Gasteiger partial charge in [-0.15, -0.1) is 12.4 Å². The summed E-state index contributed by atoms with van der Waals surface area (Å²) in [6.45, 7) is 3.81. The molecule has 0 amide bonds. The van der Waals surface area contributed by atoms with Crippen molar-refractivity contribution >= 4 is 41.1 Å². The van der Waals surface area contributed by atoms with Crippen molar-refractivity contribution in [3.05, 3.63) is 40.4 Å². The number of esters is 1. The summed E-state index contributed by atoms with van der Waals surface area (Å²) in [4.78, 5) is 16.3. The number of carbonyl (C=O) groups excluding carboxylic acids is 1. The fourth-order valence-electron chi connectivity index (χ4n) is 1.58. The van der Waals surface area contributed by atoms with E-state index in [0.29, 0.717) is 27.9 Å². The summed E-state index contributed by atoms with van der Waals surface area (Å²) in [5, 5.41) is 14.1. The average Bonchev–Trinajstić information content (AvgIpc) is 2.82. The lowest BCUT2D eigenvalue weighted by atomic mass is 10.2. The van der Waals surface area contributed by atoms with Crippen LogP contribution in [0.4, 0.5) is 5.13 Å². The van der Waals surface area contributed by atoms with E-state index in [9.17, 15) is 9.90 Å². The predicted octanol–water partition coefficient (Wildman–Crippen LogP) is 3.20. The van der Waals surface area contributed by atoms with Crippen molar-refractivity contribution < 1.29 is 14.6 Å². The van der Waals surface area contributed by atoms with Gasteiger partial charge in [-0.25, -0.2) is 9.78 Å². The maximum atomic E-state index is 11.7. The Morgan fingerprint density at radius 2 is 2.23 bits per heavy atom. The van der Waals surface area contributed by atoms with Crippen LogP contribution in [0.15, 0.2) is 29.4 Å². The van der Waals surface area contributed by atoms with Gasteiger partial charge in [0, 0.05) is 5.56 Å². The minimum Gasteiger partial charge on any atom is -0.507 e. The Balaban J connectivity index is 0.00000242. The summed E-state index contributed by atoms with van der Waals surface area (Å²) < 4.78 is 4.94. The summed E-state index contributed by atoms with van der Waals surface area (Å²) in [5.41, 5.74) is 3.92. The van der Waals surface area contributed by atoms with E-state index < -0.39 is 0 Å². The molecule has 0 spiro atoms. The highest BCUT2D eigenvalue weighted by Crippen LogP contribution is 2.23. The number of aromatic hydroxyl groups is 1. The van der Waals surface area contributed by atoms with E-state index in [-0.39, 0.29) is 24.1 Å². The highest BCUT2D eigenvalue weighted by Gasteiger charge is 2.15. The van der Waals surface area contributed by atoms with Crippen LogP contribution in [-0.2, 0) is 4.74 Å². The van der Waals surface area contributed by atoms with Gasteiger partial charge in [0.05, 0.1) is 18.5 Å². The number of nitrogens with one attached hydrogen (secondary N) is 1. The molecule has 0 atom stereocenters. The van der Waals surface area contributed by atoms with E-state index in [0.717, 1.165) is 0 Å². The largest absolute Gasteiger partial charge is 0.507 e. The zero-order valence-corrected chi connectivity index (χ0v) is 13.7. The summed E-state index contributed by atoms with van der Waals surface area (Å²) in [6.07, 6.45) is 1.48. The molecule has 0 fully saturated rings. The topological polar surface area (TPSA) is 83.8 Å². The van der Waals surface area contributed by atoms with Crippen molar-refractivity contribution in [2.45, 2.75) is 13.8 Å². The van der Waals surface area contributed by atoms with Gasteiger partial charge in [-0.2, -0.15) is 5.10 Å². The summed E-state index contributed by atoms with van der Waals surface area (Å²) in [6, 6.07) is 6.84. The second-order valence-electron chi connectivity index (χ2n) is 4.08. The monoisotopic (exact) mass is 341 g/mol. The third-order valence-electron chi connectivity index (χ3n) is 2.56. The number of hydrogen-bond acceptors (Lipinski definition) is 7. The van der Waals surface area contributed by atoms with Crippen LogP contribution in [0.3, 0.4) is 0 Å². The predicted molar refractivity (Wildman–Crippen MR) is 89.4 cm³/mol. The van der Waals surface area contributed by atoms with Gasteiger partial charge in [0.1, 0.15) is 10.6 Å². The Morgan fingerprint density at radius 3 is 2.91 bits per heavy atom. The van der Waals surface area contributed by atoms with Crippen LogP contribution in [0.2, 0.25) is 0 Å². The highest BCUT2D eigenvalue weighted by molar-refractivity contribution is 7.17. The van der Waals surface area contributed by atoms with Gasteiger partial charge < -0.3 is 9.84 Å². The van der Waals surface area contributed by atoms with Gasteiger partial charge in [-0.1, -0.05) is 23.5 Å². The van der Waals surface area contributed by atoms with Crippen LogP contribution in [0.25, 0.3) is 0 Å². The van der Waals surface area contributed by atoms with Crippen LogP contribution < -0.4 is 5.43 Å². The molecule has 0 unspecified atom stereocenters. The van der Waals surface area contributed by atoms with Gasteiger partial charge in [0.15, 0.2) is 0 Å². The molecule has 0 bridgehead atoms. The van der Waals surface area contributed by atoms with Gasteiger partial charge >= 0.3 is 5.97 Å². The molecule has 2 rings (SSSR count). The lowest BCUT2D eigenvalue weighted by Gasteiger charge is -1.97. The first-order valence-corrected chi connectivity index (χ1v) is 7.15. The normalized spacial score (nSPS) is 10.3. The quantitative estimate of drug-likeness (QED) is 0.495. The van der Waals surface area contributed by atoms with E-state index in [1.807, 2.05) is 0 Å². The van der Waals surface area contributed by atoms with E-state index in [1.54, 1.807) is 38.1 Å². The molecule has 0 radical (unpaired) electrons. The molecule has 118 valence electrons. The molecule has 0 aliphatic rings. The fourth-order valence-corrected chi connectivity index (χ4v) is 2.39. The summed E-state index contributed by atoms with van der Waals surface area (Å²) >= 11 is 1.17. The van der Waals surface area contributed by atoms with Gasteiger partial charge in [0.25, 0.3) is 0 Å². The van der Waals surface area contributed by atoms with Crippen molar-refractivity contribution in [1.29, 1.82) is 0 Å². The first kappa shape index (κ1) is 17.9. The number of nitrogens with zero attached hydrogens (tertiary/aromatic N) is 2. The Labute approximate surface area is 138 Å². The van der Waals surface area contributed by atoms with E-state index in [4.69, 9.17) is 4.74 Å². The second kappa shape index (κ2) is 8.35. The van der Waals surface area contributed by atoms with Crippen LogP contribution in [-0.4, -0.2) is 28.9 Å². The third kappa shape index (κ3) is 4.44. The molecule has 0 saturated carbocycles. The molecular formula is C14H16ClN3O3S. The van der Waals surface area contributed by atoms with Crippen molar-refractivity contribution in [3.8, 4) is 5.75 Å². The Hall–Kier alpha value is -2.12. The van der Waals surface area contributed by atoms with Crippen LogP contribution in [0, 0.1) is 6.92 Å². The van der Waals surface area contributed by atoms with E-state index in [2.05, 4.69) is 15.5 Å². The summed E-state index contributed by atoms with van der Waals surface area (Å²) in [5.74, 6) is -0.240. The number of hydrazone groups is 1. The van der Waals surface area contributed by atoms with Crippen molar-refractivity contribution in [1.82, 2.24) is 4.98 Å². The fraction of sp³-hybridized carbons (Fsp3) is 0.214. The molecular weight excluding hydrogens is 326 g/mol. The highest BCUT2D eigenvalue weighted by atomic mass is 35.5. The number of rotatable bonds is 5. The standard InChI is InChI=1S/C14H15N3O3S.ClH/c1-3-20-13(19)12-9(2)16-14(21-12)17-15-8-10-6-4-5-7-11(10)18;/h4-8,18H,3H2,1-2H3,(H,16,17);1H/b15-8+;. The number of phenols is 1. The number of anilines is 1. The molecule has 6 nitrogen and oxygen atoms in total. The zero-order valence-electron chi connectivity index (χ0n) is 12.1. The molecule has 1 aromatic heterocycles. The number of ether oxygens (including phenoxy) is 1. The number of phenolic OH excluding ortho intramolecular Hbond substituents is 1. The number of carbonyl (C=O) groups is 1. The van der Waals surface area contributed by atoms with Gasteiger partial charge in [-0.05, 0) is 26.0 Å². The number of thiazole rings is 1. The molecule has 8 heteroatoms. The zero-order chi connectivity index (χ0) is 15.2. The molecule has 1 aromatic carbocycles. The first-order valence-electron chi connectivity index (χ1n) is 6.33. The number of hydrogen-bond donors (Lipinski definition) is 2. The van der Waals surface area contributed by atoms with Crippen LogP contribution >= 0.6 is 23.7 Å². The third-order valence-corrected chi connectivity index (χ3v) is 3.60. The summed E-state index contributed by atoms with van der Waals surface area (Å²) in [7, 11) is 0. The Kier molecular flexibility index (Phi) is 6.81.